The van der Waals surface area contributed by atoms with E-state index in [0.717, 1.165) is 22.2 Å². The van der Waals surface area contributed by atoms with Gasteiger partial charge in [-0.1, -0.05) is 43.5 Å². The Morgan fingerprint density at radius 2 is 1.68 bits per heavy atom. The fourth-order valence-corrected chi connectivity index (χ4v) is 4.84. The maximum absolute atomic E-state index is 5.98. The van der Waals surface area contributed by atoms with Gasteiger partial charge in [-0.3, -0.25) is 0 Å². The highest BCUT2D eigenvalue weighted by Gasteiger charge is 2.21. The maximum atomic E-state index is 5.98. The largest absolute Gasteiger partial charge is 0.420 e. The summed E-state index contributed by atoms with van der Waals surface area (Å²) in [5, 5.41) is 14.8. The van der Waals surface area contributed by atoms with Crippen LogP contribution in [0.5, 0.6) is 11.8 Å². The number of fused-ring (bicyclic) bond motifs is 1. The van der Waals surface area contributed by atoms with E-state index in [1.807, 2.05) is 24.3 Å². The summed E-state index contributed by atoms with van der Waals surface area (Å²) < 4.78 is 5.98. The Bertz CT molecular complexity index is 1530. The summed E-state index contributed by atoms with van der Waals surface area (Å²) >= 11 is 0. The van der Waals surface area contributed by atoms with Gasteiger partial charge in [0.15, 0.2) is 5.82 Å². The van der Waals surface area contributed by atoms with E-state index in [-0.39, 0.29) is 5.95 Å². The SMILES string of the molecule is Nc1nccc(-c2cccnc2Oc2ccc(Nc3nnc(C4CCCCC4)c4ccccc34)cn2)n1. The molecule has 3 N–H and O–H groups in total. The van der Waals surface area contributed by atoms with E-state index in [1.165, 1.54) is 32.1 Å². The number of nitrogens with one attached hydrogen (secondary N) is 1. The minimum Gasteiger partial charge on any atom is -0.420 e. The quantitative estimate of drug-likeness (QED) is 0.293. The minimum absolute atomic E-state index is 0.184. The Labute approximate surface area is 214 Å². The summed E-state index contributed by atoms with van der Waals surface area (Å²) in [5.41, 5.74) is 8.95. The van der Waals surface area contributed by atoms with E-state index in [4.69, 9.17) is 10.5 Å². The van der Waals surface area contributed by atoms with Crippen molar-refractivity contribution in [2.45, 2.75) is 38.0 Å². The predicted molar refractivity (Wildman–Crippen MR) is 143 cm³/mol. The van der Waals surface area contributed by atoms with Crippen LogP contribution in [0.15, 0.2) is 73.2 Å². The van der Waals surface area contributed by atoms with Crippen LogP contribution in [0.3, 0.4) is 0 Å². The minimum atomic E-state index is 0.184. The first-order valence-electron chi connectivity index (χ1n) is 12.4. The Balaban J connectivity index is 1.23. The highest BCUT2D eigenvalue weighted by Crippen LogP contribution is 2.37. The number of rotatable bonds is 6. The third-order valence-corrected chi connectivity index (χ3v) is 6.63. The monoisotopic (exact) mass is 490 g/mol. The fourth-order valence-electron chi connectivity index (χ4n) is 4.84. The number of hydrogen-bond donors (Lipinski definition) is 2. The number of nitrogen functional groups attached to an aromatic ring is 1. The van der Waals surface area contributed by atoms with E-state index < -0.39 is 0 Å². The summed E-state index contributed by atoms with van der Waals surface area (Å²) in [5.74, 6) is 2.15. The average Bonchev–Trinajstić information content (AvgIpc) is 2.95. The second kappa shape index (κ2) is 10.1. The molecule has 9 nitrogen and oxygen atoms in total. The number of hydrogen-bond acceptors (Lipinski definition) is 9. The first kappa shape index (κ1) is 22.8. The molecular formula is C28H26N8O. The van der Waals surface area contributed by atoms with Crippen molar-refractivity contribution in [3.63, 3.8) is 0 Å². The number of ether oxygens (including phenoxy) is 1. The van der Waals surface area contributed by atoms with Crippen LogP contribution >= 0.6 is 0 Å². The molecular weight excluding hydrogens is 464 g/mol. The summed E-state index contributed by atoms with van der Waals surface area (Å²) in [6, 6.07) is 17.4. The zero-order valence-electron chi connectivity index (χ0n) is 20.2. The first-order chi connectivity index (χ1) is 18.2. The van der Waals surface area contributed by atoms with Gasteiger partial charge < -0.3 is 15.8 Å². The number of benzene rings is 1. The molecule has 1 aliphatic rings. The van der Waals surface area contributed by atoms with Gasteiger partial charge in [-0.05, 0) is 37.1 Å². The molecule has 1 aromatic carbocycles. The topological polar surface area (TPSA) is 125 Å². The van der Waals surface area contributed by atoms with Crippen molar-refractivity contribution in [3.8, 4) is 23.0 Å². The first-order valence-corrected chi connectivity index (χ1v) is 12.4. The lowest BCUT2D eigenvalue weighted by molar-refractivity contribution is 0.436. The molecule has 1 aliphatic carbocycles. The van der Waals surface area contributed by atoms with Crippen molar-refractivity contribution < 1.29 is 4.74 Å². The van der Waals surface area contributed by atoms with Gasteiger partial charge in [0, 0.05) is 35.2 Å². The molecule has 0 spiro atoms. The molecule has 0 radical (unpaired) electrons. The molecule has 0 saturated heterocycles. The van der Waals surface area contributed by atoms with Gasteiger partial charge in [0.1, 0.15) is 0 Å². The number of nitrogens with zero attached hydrogens (tertiary/aromatic N) is 6. The molecule has 0 amide bonds. The van der Waals surface area contributed by atoms with Crippen LogP contribution in [0, 0.1) is 0 Å². The highest BCUT2D eigenvalue weighted by atomic mass is 16.5. The Morgan fingerprint density at radius 3 is 2.49 bits per heavy atom. The number of nitrogens with two attached hydrogens (primary N) is 1. The van der Waals surface area contributed by atoms with Crippen LogP contribution in [-0.4, -0.2) is 30.1 Å². The van der Waals surface area contributed by atoms with Crippen molar-refractivity contribution in [3.05, 3.63) is 78.9 Å². The Hall–Kier alpha value is -4.66. The van der Waals surface area contributed by atoms with Gasteiger partial charge in [0.05, 0.1) is 28.8 Å². The van der Waals surface area contributed by atoms with Crippen LogP contribution in [0.1, 0.15) is 43.7 Å². The summed E-state index contributed by atoms with van der Waals surface area (Å²) in [6.07, 6.45) is 11.1. The van der Waals surface area contributed by atoms with Crippen LogP contribution in [0.4, 0.5) is 17.5 Å². The standard InChI is InChI=1S/C28H26N8O/c29-28-31-16-14-23(34-28)22-11-6-15-30-27(22)37-24-13-12-19(17-32-24)33-26-21-10-5-4-9-20(21)25(35-36-26)18-7-2-1-3-8-18/h4-6,9-18H,1-3,7-8H2,(H,33,36)(H2,29,31,34). The van der Waals surface area contributed by atoms with Crippen molar-refractivity contribution in [1.29, 1.82) is 0 Å². The molecule has 0 atom stereocenters. The molecule has 6 rings (SSSR count). The molecule has 4 aromatic heterocycles. The third-order valence-electron chi connectivity index (χ3n) is 6.63. The molecule has 0 unspecified atom stereocenters. The van der Waals surface area contributed by atoms with E-state index in [2.05, 4.69) is 53.6 Å². The van der Waals surface area contributed by atoms with Crippen molar-refractivity contribution in [2.24, 2.45) is 0 Å². The fraction of sp³-hybridized carbons (Fsp3) is 0.214. The van der Waals surface area contributed by atoms with Crippen molar-refractivity contribution in [2.75, 3.05) is 11.1 Å². The molecule has 184 valence electrons. The molecule has 1 saturated carbocycles. The number of pyridine rings is 2. The molecule has 37 heavy (non-hydrogen) atoms. The van der Waals surface area contributed by atoms with Gasteiger partial charge in [0.2, 0.25) is 17.7 Å². The van der Waals surface area contributed by atoms with Gasteiger partial charge in [-0.2, -0.15) is 5.10 Å². The number of anilines is 3. The second-order valence-corrected chi connectivity index (χ2v) is 9.08. The summed E-state index contributed by atoms with van der Waals surface area (Å²) in [6.45, 7) is 0. The van der Waals surface area contributed by atoms with Gasteiger partial charge >= 0.3 is 0 Å². The normalized spacial score (nSPS) is 13.9. The summed E-state index contributed by atoms with van der Waals surface area (Å²) in [4.78, 5) is 17.0. The van der Waals surface area contributed by atoms with Crippen LogP contribution in [-0.2, 0) is 0 Å². The molecule has 0 aliphatic heterocycles. The van der Waals surface area contributed by atoms with E-state index in [9.17, 15) is 0 Å². The van der Waals surface area contributed by atoms with Gasteiger partial charge in [-0.25, -0.2) is 19.9 Å². The van der Waals surface area contributed by atoms with Crippen molar-refractivity contribution >= 4 is 28.2 Å². The van der Waals surface area contributed by atoms with E-state index in [0.29, 0.717) is 34.8 Å². The molecule has 0 bridgehead atoms. The lowest BCUT2D eigenvalue weighted by Crippen LogP contribution is -2.09. The van der Waals surface area contributed by atoms with Gasteiger partial charge in [0.25, 0.3) is 0 Å². The molecule has 5 aromatic rings. The van der Waals surface area contributed by atoms with Crippen LogP contribution in [0.2, 0.25) is 0 Å². The molecule has 4 heterocycles. The zero-order chi connectivity index (χ0) is 25.0. The van der Waals surface area contributed by atoms with Gasteiger partial charge in [-0.15, -0.1) is 5.10 Å². The summed E-state index contributed by atoms with van der Waals surface area (Å²) in [7, 11) is 0. The van der Waals surface area contributed by atoms with E-state index in [1.54, 1.807) is 30.7 Å². The maximum Gasteiger partial charge on any atom is 0.230 e. The highest BCUT2D eigenvalue weighted by molar-refractivity contribution is 5.94. The Kier molecular flexibility index (Phi) is 6.24. The number of aromatic nitrogens is 6. The lowest BCUT2D eigenvalue weighted by atomic mass is 9.85. The third kappa shape index (κ3) is 4.88. The predicted octanol–water partition coefficient (Wildman–Crippen LogP) is 6.04. The van der Waals surface area contributed by atoms with Crippen molar-refractivity contribution in [1.82, 2.24) is 30.1 Å². The zero-order valence-corrected chi connectivity index (χ0v) is 20.2. The van der Waals surface area contributed by atoms with E-state index >= 15 is 0 Å². The molecule has 9 heteroatoms. The smallest absolute Gasteiger partial charge is 0.230 e. The second-order valence-electron chi connectivity index (χ2n) is 9.08. The van der Waals surface area contributed by atoms with Crippen LogP contribution < -0.4 is 15.8 Å². The average molecular weight is 491 g/mol. The molecule has 1 fully saturated rings. The lowest BCUT2D eigenvalue weighted by Gasteiger charge is -2.22. The Morgan fingerprint density at radius 1 is 0.811 bits per heavy atom. The van der Waals surface area contributed by atoms with Crippen LogP contribution in [0.25, 0.3) is 22.0 Å².